The summed E-state index contributed by atoms with van der Waals surface area (Å²) >= 11 is 0. The number of hydrogen-bond donors (Lipinski definition) is 2. The van der Waals surface area contributed by atoms with Crippen molar-refractivity contribution in [3.05, 3.63) is 59.8 Å². The lowest BCUT2D eigenvalue weighted by atomic mass is 10.0. The van der Waals surface area contributed by atoms with Crippen LogP contribution in [0.4, 0.5) is 0 Å². The highest BCUT2D eigenvalue weighted by Crippen LogP contribution is 2.30. The Morgan fingerprint density at radius 1 is 1.23 bits per heavy atom. The van der Waals surface area contributed by atoms with Crippen molar-refractivity contribution >= 4 is 16.8 Å². The molecule has 1 amide bonds. The van der Waals surface area contributed by atoms with Gasteiger partial charge in [-0.15, -0.1) is 0 Å². The number of aromatic nitrogens is 2. The van der Waals surface area contributed by atoms with Crippen molar-refractivity contribution in [3.63, 3.8) is 0 Å². The molecule has 6 heteroatoms. The van der Waals surface area contributed by atoms with E-state index in [9.17, 15) is 4.79 Å². The number of hydrogen-bond acceptors (Lipinski definition) is 4. The molecule has 26 heavy (non-hydrogen) atoms. The molecular weight excluding hydrogens is 328 g/mol. The Balaban J connectivity index is 1.61. The van der Waals surface area contributed by atoms with Gasteiger partial charge in [0.15, 0.2) is 0 Å². The first-order valence-electron chi connectivity index (χ1n) is 8.83. The summed E-state index contributed by atoms with van der Waals surface area (Å²) in [5.41, 5.74) is 2.78. The summed E-state index contributed by atoms with van der Waals surface area (Å²) in [5.74, 6) is 0.905. The van der Waals surface area contributed by atoms with Crippen molar-refractivity contribution in [2.24, 2.45) is 0 Å². The van der Waals surface area contributed by atoms with Gasteiger partial charge in [0.25, 0.3) is 0 Å². The van der Waals surface area contributed by atoms with Crippen LogP contribution in [-0.2, 0) is 11.2 Å². The van der Waals surface area contributed by atoms with Crippen LogP contribution in [-0.4, -0.2) is 47.7 Å². The molecule has 1 fully saturated rings. The Morgan fingerprint density at radius 2 is 2.04 bits per heavy atom. The molecule has 1 saturated heterocycles. The van der Waals surface area contributed by atoms with E-state index < -0.39 is 0 Å². The Hall–Kier alpha value is -2.86. The molecule has 2 aromatic carbocycles. The number of carbonyl (C=O) groups is 1. The minimum absolute atomic E-state index is 0.0402. The summed E-state index contributed by atoms with van der Waals surface area (Å²) in [5, 5.41) is 11.7. The maximum absolute atomic E-state index is 13.1. The summed E-state index contributed by atoms with van der Waals surface area (Å²) in [6.07, 6.45) is 0.312. The number of amides is 1. The van der Waals surface area contributed by atoms with Crippen LogP contribution in [0.1, 0.15) is 17.3 Å². The standard InChI is InChI=1S/C20H22N4O2/c1-26-19-9-5-3-7-15(19)18-13-21-10-11-24(18)20(25)12-17-14-6-2-4-8-16(14)22-23-17/h2-9,18,21H,10-13H2,1H3,(H,22,23). The van der Waals surface area contributed by atoms with Gasteiger partial charge in [0.05, 0.1) is 30.8 Å². The van der Waals surface area contributed by atoms with E-state index in [4.69, 9.17) is 4.74 Å². The van der Waals surface area contributed by atoms with E-state index in [-0.39, 0.29) is 11.9 Å². The van der Waals surface area contributed by atoms with Gasteiger partial charge in [-0.1, -0.05) is 36.4 Å². The van der Waals surface area contributed by atoms with E-state index in [1.54, 1.807) is 7.11 Å². The van der Waals surface area contributed by atoms with Crippen molar-refractivity contribution < 1.29 is 9.53 Å². The largest absolute Gasteiger partial charge is 0.496 e. The van der Waals surface area contributed by atoms with Gasteiger partial charge < -0.3 is 15.0 Å². The molecule has 6 nitrogen and oxygen atoms in total. The molecule has 4 rings (SSSR count). The third-order valence-corrected chi connectivity index (χ3v) is 4.93. The minimum atomic E-state index is -0.0402. The number of methoxy groups -OCH3 is 1. The number of ether oxygens (including phenoxy) is 1. The normalized spacial score (nSPS) is 17.4. The van der Waals surface area contributed by atoms with Crippen molar-refractivity contribution in [3.8, 4) is 5.75 Å². The quantitative estimate of drug-likeness (QED) is 0.757. The number of fused-ring (bicyclic) bond motifs is 1. The number of nitrogens with zero attached hydrogens (tertiary/aromatic N) is 2. The average Bonchev–Trinajstić information content (AvgIpc) is 3.11. The molecule has 2 heterocycles. The second kappa shape index (κ2) is 7.17. The predicted octanol–water partition coefficient (Wildman–Crippen LogP) is 2.29. The summed E-state index contributed by atoms with van der Waals surface area (Å²) < 4.78 is 5.51. The molecule has 3 aromatic rings. The van der Waals surface area contributed by atoms with Crippen LogP contribution >= 0.6 is 0 Å². The van der Waals surface area contributed by atoms with Gasteiger partial charge in [-0.25, -0.2) is 0 Å². The van der Waals surface area contributed by atoms with Crippen LogP contribution in [0.2, 0.25) is 0 Å². The number of carbonyl (C=O) groups excluding carboxylic acids is 1. The second-order valence-corrected chi connectivity index (χ2v) is 6.45. The van der Waals surface area contributed by atoms with Gasteiger partial charge in [-0.3, -0.25) is 9.89 Å². The minimum Gasteiger partial charge on any atom is -0.496 e. The lowest BCUT2D eigenvalue weighted by Crippen LogP contribution is -2.49. The number of benzene rings is 2. The van der Waals surface area contributed by atoms with E-state index in [1.165, 1.54) is 0 Å². The van der Waals surface area contributed by atoms with Crippen molar-refractivity contribution in [1.82, 2.24) is 20.4 Å². The lowest BCUT2D eigenvalue weighted by molar-refractivity contribution is -0.133. The van der Waals surface area contributed by atoms with Crippen molar-refractivity contribution in [1.29, 1.82) is 0 Å². The van der Waals surface area contributed by atoms with Gasteiger partial charge in [-0.2, -0.15) is 5.10 Å². The number of piperazine rings is 1. The van der Waals surface area contributed by atoms with E-state index >= 15 is 0 Å². The van der Waals surface area contributed by atoms with Crippen LogP contribution in [0.25, 0.3) is 10.9 Å². The SMILES string of the molecule is COc1ccccc1C1CNCCN1C(=O)Cc1[nH]nc2ccccc12. The zero-order valence-corrected chi connectivity index (χ0v) is 14.7. The third-order valence-electron chi connectivity index (χ3n) is 4.93. The van der Waals surface area contributed by atoms with Crippen molar-refractivity contribution in [2.75, 3.05) is 26.7 Å². The molecule has 1 aliphatic rings. The van der Waals surface area contributed by atoms with Crippen LogP contribution in [0.5, 0.6) is 5.75 Å². The first-order chi connectivity index (χ1) is 12.8. The van der Waals surface area contributed by atoms with Gasteiger partial charge in [0.2, 0.25) is 5.91 Å². The Bertz CT molecular complexity index is 921. The molecule has 0 radical (unpaired) electrons. The Morgan fingerprint density at radius 3 is 2.92 bits per heavy atom. The number of nitrogens with one attached hydrogen (secondary N) is 2. The number of aromatic amines is 1. The Labute approximate surface area is 152 Å². The lowest BCUT2D eigenvalue weighted by Gasteiger charge is -2.37. The molecule has 0 spiro atoms. The number of rotatable bonds is 4. The molecule has 1 unspecified atom stereocenters. The summed E-state index contributed by atoms with van der Waals surface area (Å²) in [4.78, 5) is 15.1. The summed E-state index contributed by atoms with van der Waals surface area (Å²) in [6.45, 7) is 2.19. The van der Waals surface area contributed by atoms with E-state index in [0.717, 1.165) is 41.0 Å². The highest BCUT2D eigenvalue weighted by molar-refractivity contribution is 5.87. The van der Waals surface area contributed by atoms with Crippen LogP contribution < -0.4 is 10.1 Å². The molecule has 1 aliphatic heterocycles. The average molecular weight is 350 g/mol. The fraction of sp³-hybridized carbons (Fsp3) is 0.300. The fourth-order valence-corrected chi connectivity index (χ4v) is 3.62. The van der Waals surface area contributed by atoms with Crippen LogP contribution in [0.15, 0.2) is 48.5 Å². The zero-order chi connectivity index (χ0) is 17.9. The highest BCUT2D eigenvalue weighted by Gasteiger charge is 2.30. The van der Waals surface area contributed by atoms with Gasteiger partial charge in [0, 0.05) is 30.6 Å². The van der Waals surface area contributed by atoms with Crippen LogP contribution in [0, 0.1) is 0 Å². The fourth-order valence-electron chi connectivity index (χ4n) is 3.62. The third kappa shape index (κ3) is 3.04. The second-order valence-electron chi connectivity index (χ2n) is 6.45. The topological polar surface area (TPSA) is 70.2 Å². The van der Waals surface area contributed by atoms with E-state index in [2.05, 4.69) is 15.5 Å². The highest BCUT2D eigenvalue weighted by atomic mass is 16.5. The molecule has 1 aromatic heterocycles. The van der Waals surface area contributed by atoms with Gasteiger partial charge in [0.1, 0.15) is 5.75 Å². The predicted molar refractivity (Wildman–Crippen MR) is 100 cm³/mol. The number of para-hydroxylation sites is 2. The summed E-state index contributed by atoms with van der Waals surface area (Å²) in [6, 6.07) is 15.7. The Kier molecular flexibility index (Phi) is 4.58. The van der Waals surface area contributed by atoms with E-state index in [1.807, 2.05) is 53.4 Å². The summed E-state index contributed by atoms with van der Waals surface area (Å²) in [7, 11) is 1.66. The smallest absolute Gasteiger partial charge is 0.229 e. The van der Waals surface area contributed by atoms with Crippen LogP contribution in [0.3, 0.4) is 0 Å². The molecule has 2 N–H and O–H groups in total. The monoisotopic (exact) mass is 350 g/mol. The molecule has 0 saturated carbocycles. The first-order valence-corrected chi connectivity index (χ1v) is 8.83. The maximum atomic E-state index is 13.1. The van der Waals surface area contributed by atoms with Gasteiger partial charge in [-0.05, 0) is 12.1 Å². The molecule has 0 bridgehead atoms. The molecular formula is C20H22N4O2. The number of H-pyrrole nitrogens is 1. The van der Waals surface area contributed by atoms with Crippen molar-refractivity contribution in [2.45, 2.75) is 12.5 Å². The molecule has 134 valence electrons. The maximum Gasteiger partial charge on any atom is 0.229 e. The molecule has 1 atom stereocenters. The molecule has 0 aliphatic carbocycles. The zero-order valence-electron chi connectivity index (χ0n) is 14.7. The van der Waals surface area contributed by atoms with E-state index in [0.29, 0.717) is 13.0 Å². The first kappa shape index (κ1) is 16.6. The van der Waals surface area contributed by atoms with Gasteiger partial charge >= 0.3 is 0 Å².